The molecule has 2 saturated carbocycles. The van der Waals surface area contributed by atoms with Crippen LogP contribution in [0.3, 0.4) is 0 Å². The molecule has 0 aromatic heterocycles. The van der Waals surface area contributed by atoms with Crippen molar-refractivity contribution in [2.45, 2.75) is 69.2 Å². The summed E-state index contributed by atoms with van der Waals surface area (Å²) in [4.78, 5) is 12.8. The van der Waals surface area contributed by atoms with Crippen LogP contribution in [0.5, 0.6) is 0 Å². The summed E-state index contributed by atoms with van der Waals surface area (Å²) in [6, 6.07) is 8.15. The van der Waals surface area contributed by atoms with E-state index < -0.39 is 5.60 Å². The first kappa shape index (κ1) is 13.3. The maximum Gasteiger partial charge on any atom is 0.346 e. The Morgan fingerprint density at radius 1 is 1.14 bits per heavy atom. The smallest absolute Gasteiger partial charge is 0.346 e. The molecule has 3 aliphatic rings. The normalized spacial score (nSPS) is 30.1. The highest BCUT2D eigenvalue weighted by Crippen LogP contribution is 2.66. The number of esters is 1. The topological polar surface area (TPSA) is 38.8 Å². The Balaban J connectivity index is 1.62. The molecule has 4 rings (SSSR count). The first-order valence-corrected chi connectivity index (χ1v) is 8.15. The second kappa shape index (κ2) is 4.57. The molecule has 1 saturated heterocycles. The van der Waals surface area contributed by atoms with Gasteiger partial charge in [0.05, 0.1) is 0 Å². The number of epoxide rings is 1. The summed E-state index contributed by atoms with van der Waals surface area (Å²) < 4.78 is 11.8. The fraction of sp³-hybridized carbons (Fsp3) is 0.611. The molecule has 2 aliphatic carbocycles. The van der Waals surface area contributed by atoms with E-state index in [1.165, 1.54) is 18.4 Å². The van der Waals surface area contributed by atoms with Crippen molar-refractivity contribution in [1.82, 2.24) is 0 Å². The van der Waals surface area contributed by atoms with Gasteiger partial charge in [-0.1, -0.05) is 29.8 Å². The Labute approximate surface area is 125 Å². The Kier molecular flexibility index (Phi) is 2.90. The van der Waals surface area contributed by atoms with E-state index in [4.69, 9.17) is 9.47 Å². The summed E-state index contributed by atoms with van der Waals surface area (Å²) >= 11 is 0. The van der Waals surface area contributed by atoms with Crippen LogP contribution < -0.4 is 0 Å². The summed E-state index contributed by atoms with van der Waals surface area (Å²) in [7, 11) is 0. The van der Waals surface area contributed by atoms with Crippen LogP contribution in [-0.2, 0) is 19.9 Å². The number of hydrogen-bond acceptors (Lipinski definition) is 3. The van der Waals surface area contributed by atoms with Crippen molar-refractivity contribution in [3.8, 4) is 0 Å². The number of benzene rings is 1. The quantitative estimate of drug-likeness (QED) is 0.629. The zero-order valence-electron chi connectivity index (χ0n) is 12.6. The molecule has 1 aliphatic heterocycles. The third kappa shape index (κ3) is 1.87. The SMILES string of the molecule is Cc1ccc(C2(C(=O)OC3CCCC3)OC23CCC3)cc1. The Morgan fingerprint density at radius 3 is 2.33 bits per heavy atom. The average Bonchev–Trinajstić information content (AvgIpc) is 2.94. The van der Waals surface area contributed by atoms with Crippen LogP contribution in [0.25, 0.3) is 0 Å². The molecule has 1 heterocycles. The van der Waals surface area contributed by atoms with Crippen molar-refractivity contribution in [3.05, 3.63) is 35.4 Å². The lowest BCUT2D eigenvalue weighted by atomic mass is 9.73. The first-order valence-electron chi connectivity index (χ1n) is 8.15. The van der Waals surface area contributed by atoms with Gasteiger partial charge >= 0.3 is 5.97 Å². The molecule has 0 bridgehead atoms. The Hall–Kier alpha value is -1.35. The number of rotatable bonds is 3. The highest BCUT2D eigenvalue weighted by atomic mass is 16.7. The minimum atomic E-state index is -0.818. The van der Waals surface area contributed by atoms with Gasteiger partial charge in [0.15, 0.2) is 0 Å². The van der Waals surface area contributed by atoms with Gasteiger partial charge in [-0.2, -0.15) is 0 Å². The fourth-order valence-corrected chi connectivity index (χ4v) is 3.92. The molecular formula is C18H22O3. The van der Waals surface area contributed by atoms with Crippen molar-refractivity contribution in [2.75, 3.05) is 0 Å². The molecule has 1 unspecified atom stereocenters. The number of aryl methyl sites for hydroxylation is 1. The third-order valence-corrected chi connectivity index (χ3v) is 5.43. The maximum absolute atomic E-state index is 12.8. The predicted octanol–water partition coefficient (Wildman–Crippen LogP) is 3.63. The molecule has 112 valence electrons. The van der Waals surface area contributed by atoms with Crippen LogP contribution in [0.15, 0.2) is 24.3 Å². The first-order chi connectivity index (χ1) is 10.2. The van der Waals surface area contributed by atoms with Crippen molar-refractivity contribution in [3.63, 3.8) is 0 Å². The van der Waals surface area contributed by atoms with Crippen molar-refractivity contribution in [2.24, 2.45) is 0 Å². The van der Waals surface area contributed by atoms with E-state index in [1.54, 1.807) is 0 Å². The molecule has 21 heavy (non-hydrogen) atoms. The lowest BCUT2D eigenvalue weighted by Gasteiger charge is -2.27. The van der Waals surface area contributed by atoms with Gasteiger partial charge in [0, 0.05) is 0 Å². The predicted molar refractivity (Wildman–Crippen MR) is 78.9 cm³/mol. The fourth-order valence-electron chi connectivity index (χ4n) is 3.92. The van der Waals surface area contributed by atoms with Gasteiger partial charge in [0.1, 0.15) is 11.7 Å². The molecule has 1 aromatic rings. The van der Waals surface area contributed by atoms with E-state index in [0.29, 0.717) is 0 Å². The van der Waals surface area contributed by atoms with Crippen LogP contribution in [0, 0.1) is 6.92 Å². The molecule has 0 N–H and O–H groups in total. The minimum Gasteiger partial charge on any atom is -0.460 e. The van der Waals surface area contributed by atoms with Crippen molar-refractivity contribution < 1.29 is 14.3 Å². The third-order valence-electron chi connectivity index (χ3n) is 5.43. The summed E-state index contributed by atoms with van der Waals surface area (Å²) in [5.41, 5.74) is 1.08. The average molecular weight is 286 g/mol. The highest BCUT2D eigenvalue weighted by Gasteiger charge is 2.78. The van der Waals surface area contributed by atoms with Gasteiger partial charge in [-0.15, -0.1) is 0 Å². The Bertz CT molecular complexity index is 552. The van der Waals surface area contributed by atoms with E-state index in [-0.39, 0.29) is 17.7 Å². The van der Waals surface area contributed by atoms with Crippen molar-refractivity contribution in [1.29, 1.82) is 0 Å². The minimum absolute atomic E-state index is 0.0983. The van der Waals surface area contributed by atoms with Gasteiger partial charge < -0.3 is 9.47 Å². The van der Waals surface area contributed by atoms with Gasteiger partial charge in [0.2, 0.25) is 5.60 Å². The number of ether oxygens (including phenoxy) is 2. The summed E-state index contributed by atoms with van der Waals surface area (Å²) in [6.45, 7) is 2.06. The molecule has 3 fully saturated rings. The lowest BCUT2D eigenvalue weighted by molar-refractivity contribution is -0.156. The number of carbonyl (C=O) groups excluding carboxylic acids is 1. The van der Waals surface area contributed by atoms with Gasteiger partial charge in [0.25, 0.3) is 0 Å². The molecule has 3 heteroatoms. The molecule has 0 radical (unpaired) electrons. The van der Waals surface area contributed by atoms with Crippen LogP contribution in [-0.4, -0.2) is 17.7 Å². The van der Waals surface area contributed by atoms with Crippen LogP contribution in [0.2, 0.25) is 0 Å². The van der Waals surface area contributed by atoms with E-state index in [0.717, 1.165) is 37.7 Å². The van der Waals surface area contributed by atoms with Gasteiger partial charge in [-0.3, -0.25) is 0 Å². The van der Waals surface area contributed by atoms with E-state index >= 15 is 0 Å². The van der Waals surface area contributed by atoms with E-state index in [1.807, 2.05) is 24.3 Å². The molecule has 0 amide bonds. The van der Waals surface area contributed by atoms with Gasteiger partial charge in [-0.25, -0.2) is 4.79 Å². The van der Waals surface area contributed by atoms with E-state index in [2.05, 4.69) is 6.92 Å². The van der Waals surface area contributed by atoms with Gasteiger partial charge in [-0.05, 0) is 57.4 Å². The largest absolute Gasteiger partial charge is 0.460 e. The lowest BCUT2D eigenvalue weighted by Crippen LogP contribution is -2.39. The summed E-state index contributed by atoms with van der Waals surface area (Å²) in [5.74, 6) is -0.155. The second-order valence-corrected chi connectivity index (χ2v) is 6.81. The molecular weight excluding hydrogens is 264 g/mol. The molecule has 1 atom stereocenters. The summed E-state index contributed by atoms with van der Waals surface area (Å²) in [5, 5.41) is 0. The zero-order chi connectivity index (χ0) is 14.5. The zero-order valence-corrected chi connectivity index (χ0v) is 12.6. The van der Waals surface area contributed by atoms with Crippen LogP contribution in [0.1, 0.15) is 56.1 Å². The highest BCUT2D eigenvalue weighted by molar-refractivity contribution is 5.87. The second-order valence-electron chi connectivity index (χ2n) is 6.81. The maximum atomic E-state index is 12.8. The van der Waals surface area contributed by atoms with Crippen molar-refractivity contribution >= 4 is 5.97 Å². The molecule has 1 aromatic carbocycles. The number of hydrogen-bond donors (Lipinski definition) is 0. The molecule has 3 nitrogen and oxygen atoms in total. The number of carbonyl (C=O) groups is 1. The summed E-state index contributed by atoms with van der Waals surface area (Å²) in [6.07, 6.45) is 7.53. The van der Waals surface area contributed by atoms with Crippen LogP contribution >= 0.6 is 0 Å². The molecule has 1 spiro atoms. The monoisotopic (exact) mass is 286 g/mol. The van der Waals surface area contributed by atoms with Crippen LogP contribution in [0.4, 0.5) is 0 Å². The van der Waals surface area contributed by atoms with E-state index in [9.17, 15) is 4.79 Å². The Morgan fingerprint density at radius 2 is 1.81 bits per heavy atom. The standard InChI is InChI=1S/C18H22O3/c1-13-7-9-14(10-8-13)18(17(21-18)11-4-12-17)16(19)20-15-5-2-3-6-15/h7-10,15H,2-6,11-12H2,1H3.